The number of para-hydroxylation sites is 1. The van der Waals surface area contributed by atoms with E-state index in [1.165, 1.54) is 24.3 Å². The van der Waals surface area contributed by atoms with Crippen LogP contribution in [0, 0.1) is 0 Å². The third-order valence-electron chi connectivity index (χ3n) is 1.97. The molecule has 8 heteroatoms. The molecule has 0 saturated carbocycles. The third-order valence-corrected chi connectivity index (χ3v) is 2.78. The minimum Gasteiger partial charge on any atom is -0.730 e. The fourth-order valence-electron chi connectivity index (χ4n) is 1.38. The Balaban J connectivity index is 0.00000128. The Morgan fingerprint density at radius 3 is 2.25 bits per heavy atom. The van der Waals surface area contributed by atoms with E-state index in [1.807, 2.05) is 0 Å². The molecule has 2 rings (SSSR count). The van der Waals surface area contributed by atoms with Gasteiger partial charge in [-0.3, -0.25) is 9.59 Å². The maximum atomic E-state index is 11.3. The first kappa shape index (κ1) is 13.3. The Morgan fingerprint density at radius 2 is 1.69 bits per heavy atom. The first-order valence-electron chi connectivity index (χ1n) is 3.87. The second-order valence-electron chi connectivity index (χ2n) is 2.87. The summed E-state index contributed by atoms with van der Waals surface area (Å²) in [5.74, 6) is -2.31. The molecular weight excluding hydrogens is 245 g/mol. The number of Topliss-reactive ketones (excluding diaryl/α,β-unsaturated/α-hetero) is 1. The molecule has 6 nitrogen and oxygen atoms in total. The monoisotopic (exact) mass is 249 g/mol. The van der Waals surface area contributed by atoms with E-state index in [-0.39, 0.29) is 45.1 Å². The fraction of sp³-hybridized carbons (Fsp3) is 0. The second-order valence-corrected chi connectivity index (χ2v) is 4.09. The van der Waals surface area contributed by atoms with Gasteiger partial charge < -0.3 is 4.55 Å². The summed E-state index contributed by atoms with van der Waals surface area (Å²) >= 11 is 0. The van der Waals surface area contributed by atoms with Crippen molar-refractivity contribution in [3.8, 4) is 0 Å². The van der Waals surface area contributed by atoms with Gasteiger partial charge in [-0.2, -0.15) is 0 Å². The maximum absolute atomic E-state index is 11.3. The van der Waals surface area contributed by atoms with Crippen LogP contribution in [0.1, 0.15) is 10.4 Å². The van der Waals surface area contributed by atoms with Gasteiger partial charge in [-0.05, 0) is 12.1 Å². The molecule has 0 aromatic heterocycles. The Morgan fingerprint density at radius 1 is 1.12 bits per heavy atom. The Labute approximate surface area is 113 Å². The van der Waals surface area contributed by atoms with E-state index in [9.17, 15) is 22.6 Å². The zero-order valence-corrected chi connectivity index (χ0v) is 11.0. The molecular formula is C8H4NNaO5S. The van der Waals surface area contributed by atoms with E-state index in [2.05, 4.69) is 0 Å². The summed E-state index contributed by atoms with van der Waals surface area (Å²) < 4.78 is 32.2. The number of benzene rings is 1. The summed E-state index contributed by atoms with van der Waals surface area (Å²) in [6.07, 6.45) is 0. The zero-order valence-electron chi connectivity index (χ0n) is 8.21. The molecule has 1 aliphatic heterocycles. The number of anilines is 1. The van der Waals surface area contributed by atoms with Gasteiger partial charge in [-0.15, -0.1) is 0 Å². The fourth-order valence-corrected chi connectivity index (χ4v) is 2.07. The van der Waals surface area contributed by atoms with Crippen LogP contribution in [0.4, 0.5) is 5.69 Å². The molecule has 0 radical (unpaired) electrons. The second kappa shape index (κ2) is 4.27. The van der Waals surface area contributed by atoms with Crippen LogP contribution < -0.4 is 33.9 Å². The van der Waals surface area contributed by atoms with Crippen LogP contribution in [0.15, 0.2) is 24.3 Å². The van der Waals surface area contributed by atoms with Crippen molar-refractivity contribution in [3.05, 3.63) is 29.8 Å². The van der Waals surface area contributed by atoms with Gasteiger partial charge in [0, 0.05) is 0 Å². The van der Waals surface area contributed by atoms with Gasteiger partial charge >= 0.3 is 35.5 Å². The minimum absolute atomic E-state index is 0. The molecule has 0 atom stereocenters. The number of fused-ring (bicyclic) bond motifs is 1. The van der Waals surface area contributed by atoms with Crippen molar-refractivity contribution in [2.45, 2.75) is 0 Å². The molecule has 1 aromatic rings. The number of hydrogen-bond acceptors (Lipinski definition) is 5. The van der Waals surface area contributed by atoms with Gasteiger partial charge in [0.2, 0.25) is 0 Å². The van der Waals surface area contributed by atoms with E-state index in [0.29, 0.717) is 0 Å². The molecule has 0 bridgehead atoms. The molecule has 0 fully saturated rings. The molecule has 78 valence electrons. The normalized spacial score (nSPS) is 14.7. The molecule has 0 N–H and O–H groups in total. The molecule has 1 amide bonds. The van der Waals surface area contributed by atoms with Crippen LogP contribution in [0.3, 0.4) is 0 Å². The van der Waals surface area contributed by atoms with Crippen molar-refractivity contribution >= 4 is 27.7 Å². The van der Waals surface area contributed by atoms with E-state index < -0.39 is 22.0 Å². The van der Waals surface area contributed by atoms with E-state index >= 15 is 0 Å². The van der Waals surface area contributed by atoms with E-state index in [1.54, 1.807) is 0 Å². The number of nitrogens with zero attached hydrogens (tertiary/aromatic N) is 1. The molecule has 0 spiro atoms. The number of ketones is 1. The van der Waals surface area contributed by atoms with Crippen molar-refractivity contribution in [1.29, 1.82) is 0 Å². The Hall–Kier alpha value is -0.730. The van der Waals surface area contributed by atoms with Crippen LogP contribution in [0.2, 0.25) is 0 Å². The van der Waals surface area contributed by atoms with Gasteiger partial charge in [0.15, 0.2) is 10.3 Å². The molecule has 1 aromatic carbocycles. The first-order valence-corrected chi connectivity index (χ1v) is 5.23. The van der Waals surface area contributed by atoms with E-state index in [4.69, 9.17) is 0 Å². The number of carbonyl (C=O) groups excluding carboxylic acids is 2. The largest absolute Gasteiger partial charge is 1.00 e. The Kier molecular flexibility index (Phi) is 3.56. The van der Waals surface area contributed by atoms with E-state index in [0.717, 1.165) is 0 Å². The van der Waals surface area contributed by atoms with Gasteiger partial charge in [0.05, 0.1) is 11.3 Å². The van der Waals surface area contributed by atoms with Gasteiger partial charge in [-0.25, -0.2) is 12.7 Å². The molecule has 0 aliphatic carbocycles. The summed E-state index contributed by atoms with van der Waals surface area (Å²) in [6.45, 7) is 0. The van der Waals surface area contributed by atoms with Crippen molar-refractivity contribution in [2.24, 2.45) is 0 Å². The van der Waals surface area contributed by atoms with Crippen molar-refractivity contribution in [1.82, 2.24) is 0 Å². The van der Waals surface area contributed by atoms with Gasteiger partial charge in [0.1, 0.15) is 0 Å². The first-order chi connectivity index (χ1) is 6.93. The summed E-state index contributed by atoms with van der Waals surface area (Å²) in [4.78, 5) is 22.5. The van der Waals surface area contributed by atoms with Crippen LogP contribution >= 0.6 is 0 Å². The SMILES string of the molecule is O=C1C(=O)N(S(=O)(=O)[O-])c2ccccc21.[Na+]. The molecule has 1 aliphatic rings. The summed E-state index contributed by atoms with van der Waals surface area (Å²) in [5, 5.41) is 0. The van der Waals surface area contributed by atoms with Crippen LogP contribution in [-0.2, 0) is 15.1 Å². The summed E-state index contributed by atoms with van der Waals surface area (Å²) in [6, 6.07) is 5.43. The van der Waals surface area contributed by atoms with Crippen molar-refractivity contribution < 1.29 is 52.1 Å². The number of carbonyl (C=O) groups is 2. The zero-order chi connectivity index (χ0) is 11.2. The smallest absolute Gasteiger partial charge is 0.730 e. The molecule has 0 unspecified atom stereocenters. The number of amides is 1. The molecule has 0 saturated heterocycles. The minimum atomic E-state index is -4.99. The molecule has 16 heavy (non-hydrogen) atoms. The summed E-state index contributed by atoms with van der Waals surface area (Å²) in [5.41, 5.74) is -0.246. The summed E-state index contributed by atoms with van der Waals surface area (Å²) in [7, 11) is -4.99. The van der Waals surface area contributed by atoms with Gasteiger partial charge in [0.25, 0.3) is 5.78 Å². The van der Waals surface area contributed by atoms with Crippen LogP contribution in [0.25, 0.3) is 0 Å². The number of rotatable bonds is 1. The average Bonchev–Trinajstić information content (AvgIpc) is 2.39. The molecule has 1 heterocycles. The third kappa shape index (κ3) is 1.92. The predicted molar refractivity (Wildman–Crippen MR) is 48.0 cm³/mol. The van der Waals surface area contributed by atoms with Crippen molar-refractivity contribution in [3.63, 3.8) is 0 Å². The van der Waals surface area contributed by atoms with Crippen LogP contribution in [0.5, 0.6) is 0 Å². The Bertz CT molecular complexity index is 568. The average molecular weight is 249 g/mol. The quantitative estimate of drug-likeness (QED) is 0.295. The topological polar surface area (TPSA) is 94.6 Å². The van der Waals surface area contributed by atoms with Crippen molar-refractivity contribution in [2.75, 3.05) is 4.31 Å². The van der Waals surface area contributed by atoms with Crippen LogP contribution in [-0.4, -0.2) is 24.7 Å². The van der Waals surface area contributed by atoms with Gasteiger partial charge in [-0.1, -0.05) is 12.1 Å². The maximum Gasteiger partial charge on any atom is 1.00 e. The predicted octanol–water partition coefficient (Wildman–Crippen LogP) is -3.32. The number of hydrogen-bond donors (Lipinski definition) is 0. The standard InChI is InChI=1S/C8H5NO5S.Na/c10-7-5-3-1-2-4-6(5)9(8(7)11)15(12,13)14;/h1-4H,(H,12,13,14);/q;+1/p-1.